The van der Waals surface area contributed by atoms with Crippen LogP contribution >= 0.6 is 0 Å². The number of benzene rings is 1. The number of nitrogens with zero attached hydrogens (tertiary/aromatic N) is 1. The molecule has 0 amide bonds. The molecule has 0 aromatic heterocycles. The van der Waals surface area contributed by atoms with Gasteiger partial charge in [-0.25, -0.2) is 4.79 Å². The molecule has 5 rings (SSSR count). The molecule has 8 nitrogen and oxygen atoms in total. The van der Waals surface area contributed by atoms with Crippen molar-refractivity contribution < 1.29 is 29.1 Å². The normalized spacial score (nSPS) is 38.0. The van der Waals surface area contributed by atoms with Gasteiger partial charge in [-0.05, 0) is 123 Å². The number of nitro groups is 1. The largest absolute Gasteiger partial charge is 0.514 e. The molecule has 1 aromatic rings. The molecule has 39 heavy (non-hydrogen) atoms. The van der Waals surface area contributed by atoms with Crippen molar-refractivity contribution in [3.8, 4) is 5.75 Å². The maximum Gasteiger partial charge on any atom is 0.514 e. The maximum atomic E-state index is 12.5. The van der Waals surface area contributed by atoms with Gasteiger partial charge in [-0.1, -0.05) is 20.8 Å². The van der Waals surface area contributed by atoms with Crippen LogP contribution in [0, 0.1) is 56.5 Å². The monoisotopic (exact) mass is 541 g/mol. The van der Waals surface area contributed by atoms with Crippen LogP contribution in [-0.4, -0.2) is 28.3 Å². The van der Waals surface area contributed by atoms with E-state index in [0.29, 0.717) is 29.1 Å². The van der Waals surface area contributed by atoms with E-state index in [-0.39, 0.29) is 29.4 Å². The van der Waals surface area contributed by atoms with Crippen LogP contribution in [0.4, 0.5) is 10.5 Å². The Hall–Kier alpha value is -2.64. The Kier molecular flexibility index (Phi) is 7.68. The molecule has 1 aromatic carbocycles. The Balaban J connectivity index is 1.19. The highest BCUT2D eigenvalue weighted by molar-refractivity contribution is 5.66. The Morgan fingerprint density at radius 2 is 1.72 bits per heavy atom. The van der Waals surface area contributed by atoms with E-state index in [1.54, 1.807) is 0 Å². The second-order valence-corrected chi connectivity index (χ2v) is 13.4. The van der Waals surface area contributed by atoms with E-state index < -0.39 is 17.0 Å². The molecular weight excluding hydrogens is 498 g/mol. The smallest absolute Gasteiger partial charge is 0.481 e. The van der Waals surface area contributed by atoms with Gasteiger partial charge >= 0.3 is 12.1 Å². The number of aliphatic carboxylic acids is 1. The first-order valence-electron chi connectivity index (χ1n) is 14.9. The molecule has 8 heteroatoms. The van der Waals surface area contributed by atoms with E-state index in [4.69, 9.17) is 9.47 Å². The lowest BCUT2D eigenvalue weighted by atomic mass is 9.44. The minimum absolute atomic E-state index is 0.0539. The molecule has 1 N–H and O–H groups in total. The Morgan fingerprint density at radius 1 is 1.03 bits per heavy atom. The minimum Gasteiger partial charge on any atom is -0.481 e. The fourth-order valence-corrected chi connectivity index (χ4v) is 9.75. The van der Waals surface area contributed by atoms with Gasteiger partial charge in [0.2, 0.25) is 0 Å². The van der Waals surface area contributed by atoms with Crippen LogP contribution in [-0.2, 0) is 9.53 Å². The van der Waals surface area contributed by atoms with Gasteiger partial charge in [0, 0.05) is 18.6 Å². The second kappa shape index (κ2) is 10.7. The van der Waals surface area contributed by atoms with Gasteiger partial charge in [0.1, 0.15) is 11.9 Å². The number of carboxylic acid groups (broad SMARTS) is 1. The number of non-ortho nitro benzene ring substituents is 1. The Labute approximate surface area is 231 Å². The Morgan fingerprint density at radius 3 is 2.41 bits per heavy atom. The topological polar surface area (TPSA) is 116 Å². The molecule has 4 aliphatic carbocycles. The summed E-state index contributed by atoms with van der Waals surface area (Å²) in [4.78, 5) is 34.0. The van der Waals surface area contributed by atoms with Gasteiger partial charge in [-0.3, -0.25) is 14.9 Å². The fourth-order valence-electron chi connectivity index (χ4n) is 9.75. The zero-order valence-corrected chi connectivity index (χ0v) is 23.5. The molecule has 4 aliphatic rings. The van der Waals surface area contributed by atoms with Gasteiger partial charge in [0.25, 0.3) is 5.69 Å². The Bertz CT molecular complexity index is 1090. The van der Waals surface area contributed by atoms with Gasteiger partial charge in [-0.2, -0.15) is 0 Å². The lowest BCUT2D eigenvalue weighted by molar-refractivity contribution is -0.384. The van der Waals surface area contributed by atoms with Crippen molar-refractivity contribution in [2.24, 2.45) is 46.3 Å². The van der Waals surface area contributed by atoms with Crippen LogP contribution in [0.15, 0.2) is 24.3 Å². The van der Waals surface area contributed by atoms with E-state index in [2.05, 4.69) is 20.8 Å². The predicted molar refractivity (Wildman–Crippen MR) is 145 cm³/mol. The first kappa shape index (κ1) is 27.9. The zero-order chi connectivity index (χ0) is 27.9. The van der Waals surface area contributed by atoms with Crippen LogP contribution in [0.5, 0.6) is 5.75 Å². The maximum absolute atomic E-state index is 12.5. The van der Waals surface area contributed by atoms with Crippen molar-refractivity contribution in [3.63, 3.8) is 0 Å². The average molecular weight is 542 g/mol. The zero-order valence-electron chi connectivity index (χ0n) is 23.5. The van der Waals surface area contributed by atoms with Crippen LogP contribution in [0.25, 0.3) is 0 Å². The van der Waals surface area contributed by atoms with E-state index in [0.717, 1.165) is 37.5 Å². The summed E-state index contributed by atoms with van der Waals surface area (Å²) in [7, 11) is 0. The van der Waals surface area contributed by atoms with Crippen molar-refractivity contribution in [2.45, 2.75) is 97.5 Å². The van der Waals surface area contributed by atoms with Crippen LogP contribution in [0.3, 0.4) is 0 Å². The summed E-state index contributed by atoms with van der Waals surface area (Å²) in [5, 5.41) is 20.0. The molecular formula is C31H43NO7. The van der Waals surface area contributed by atoms with Crippen LogP contribution < -0.4 is 4.74 Å². The molecule has 0 heterocycles. The predicted octanol–water partition coefficient (Wildman–Crippen LogP) is 7.64. The van der Waals surface area contributed by atoms with E-state index in [9.17, 15) is 24.8 Å². The lowest BCUT2D eigenvalue weighted by Crippen LogP contribution is -2.54. The molecule has 9 atom stereocenters. The third-order valence-electron chi connectivity index (χ3n) is 11.7. The summed E-state index contributed by atoms with van der Waals surface area (Å²) in [5.74, 6) is 3.34. The van der Waals surface area contributed by atoms with E-state index >= 15 is 0 Å². The van der Waals surface area contributed by atoms with Crippen molar-refractivity contribution in [2.75, 3.05) is 0 Å². The average Bonchev–Trinajstić information content (AvgIpc) is 3.25. The van der Waals surface area contributed by atoms with Crippen molar-refractivity contribution in [3.05, 3.63) is 34.4 Å². The lowest BCUT2D eigenvalue weighted by Gasteiger charge is -2.61. The molecule has 4 saturated carbocycles. The van der Waals surface area contributed by atoms with Gasteiger partial charge < -0.3 is 14.6 Å². The summed E-state index contributed by atoms with van der Waals surface area (Å²) in [6, 6.07) is 5.45. The number of carbonyl (C=O) groups excluding carboxylic acids is 1. The SMILES string of the molecule is C[C@H](CCC(=O)O)[C@H]1CC[C@H]2[C@@H]3CC[C@@H]4C[C@@H](OC(=O)Oc5ccc([N+](=O)[O-])cc5)CC[C@]4(C)[C@H]3CC[C@]12C. The summed E-state index contributed by atoms with van der Waals surface area (Å²) in [5.41, 5.74) is 0.533. The van der Waals surface area contributed by atoms with Crippen molar-refractivity contribution in [1.82, 2.24) is 0 Å². The van der Waals surface area contributed by atoms with Gasteiger partial charge in [0.05, 0.1) is 4.92 Å². The van der Waals surface area contributed by atoms with Crippen molar-refractivity contribution in [1.29, 1.82) is 0 Å². The number of ether oxygens (including phenoxy) is 2. The number of nitro benzene ring substituents is 1. The van der Waals surface area contributed by atoms with Gasteiger partial charge in [0.15, 0.2) is 0 Å². The minimum atomic E-state index is -0.742. The first-order chi connectivity index (χ1) is 18.5. The third-order valence-corrected chi connectivity index (χ3v) is 11.7. The highest BCUT2D eigenvalue weighted by atomic mass is 16.7. The summed E-state index contributed by atoms with van der Waals surface area (Å²) in [6.07, 6.45) is 10.3. The number of carbonyl (C=O) groups is 2. The number of rotatable bonds is 7. The second-order valence-electron chi connectivity index (χ2n) is 13.4. The molecule has 214 valence electrons. The molecule has 0 radical (unpaired) electrons. The highest BCUT2D eigenvalue weighted by Crippen LogP contribution is 2.68. The van der Waals surface area contributed by atoms with Gasteiger partial charge in [-0.15, -0.1) is 0 Å². The van der Waals surface area contributed by atoms with E-state index in [1.165, 1.54) is 62.8 Å². The standard InChI is InChI=1S/C31H43NO7/c1-19(4-13-28(33)34)25-11-12-26-24-10-5-20-18-23(14-16-30(20,2)27(24)15-17-31(25,26)3)39-29(35)38-22-8-6-21(7-9-22)32(36)37/h6-9,19-20,23-27H,4-5,10-18H2,1-3H3,(H,33,34)/t19-,20-,23+,24+,25-,26+,27+,30+,31-/m1/s1. The van der Waals surface area contributed by atoms with Crippen LogP contribution in [0.2, 0.25) is 0 Å². The summed E-state index contributed by atoms with van der Waals surface area (Å²) >= 11 is 0. The quantitative estimate of drug-likeness (QED) is 0.163. The third kappa shape index (κ3) is 5.28. The summed E-state index contributed by atoms with van der Waals surface area (Å²) in [6.45, 7) is 7.28. The molecule has 4 fully saturated rings. The molecule has 0 spiro atoms. The molecule has 0 bridgehead atoms. The molecule has 0 aliphatic heterocycles. The number of hydrogen-bond donors (Lipinski definition) is 1. The molecule has 0 saturated heterocycles. The fraction of sp³-hybridized carbons (Fsp3) is 0.742. The van der Waals surface area contributed by atoms with Crippen molar-refractivity contribution >= 4 is 17.8 Å². The summed E-state index contributed by atoms with van der Waals surface area (Å²) < 4.78 is 11.0. The van der Waals surface area contributed by atoms with Crippen LogP contribution in [0.1, 0.15) is 91.4 Å². The number of fused-ring (bicyclic) bond motifs is 5. The highest BCUT2D eigenvalue weighted by Gasteiger charge is 2.60. The number of carboxylic acids is 1. The first-order valence-corrected chi connectivity index (χ1v) is 14.9. The van der Waals surface area contributed by atoms with E-state index in [1.807, 2.05) is 0 Å². The molecule has 0 unspecified atom stereocenters. The number of hydrogen-bond acceptors (Lipinski definition) is 6.